The predicted molar refractivity (Wildman–Crippen MR) is 135 cm³/mol. The van der Waals surface area contributed by atoms with Crippen LogP contribution in [-0.4, -0.2) is 58.1 Å². The summed E-state index contributed by atoms with van der Waals surface area (Å²) in [5.41, 5.74) is 1.58. The number of rotatable bonds is 7. The summed E-state index contributed by atoms with van der Waals surface area (Å²) in [6, 6.07) is 7.33. The zero-order valence-electron chi connectivity index (χ0n) is 21.6. The van der Waals surface area contributed by atoms with Gasteiger partial charge in [0.05, 0.1) is 53.5 Å². The lowest BCUT2D eigenvalue weighted by Crippen LogP contribution is -2.40. The molecule has 5 rings (SSSR count). The first-order valence-electron chi connectivity index (χ1n) is 12.5. The predicted octanol–water partition coefficient (Wildman–Crippen LogP) is 3.66. The number of aliphatic hydroxyl groups excluding tert-OH is 2. The van der Waals surface area contributed by atoms with Gasteiger partial charge in [0.15, 0.2) is 5.82 Å². The first-order chi connectivity index (χ1) is 18.1. The van der Waals surface area contributed by atoms with Crippen molar-refractivity contribution in [2.24, 2.45) is 5.41 Å². The summed E-state index contributed by atoms with van der Waals surface area (Å²) in [5.74, 6) is -1.01. The van der Waals surface area contributed by atoms with E-state index < -0.39 is 29.8 Å². The van der Waals surface area contributed by atoms with Crippen LogP contribution in [0.5, 0.6) is 0 Å². The van der Waals surface area contributed by atoms with E-state index >= 15 is 0 Å². The van der Waals surface area contributed by atoms with Crippen LogP contribution < -0.4 is 0 Å². The Morgan fingerprint density at radius 3 is 2.50 bits per heavy atom. The number of halogens is 2. The number of benzene rings is 1. The Bertz CT molecular complexity index is 1470. The van der Waals surface area contributed by atoms with Gasteiger partial charge in [-0.15, -0.1) is 10.2 Å². The van der Waals surface area contributed by atoms with Crippen molar-refractivity contribution in [2.45, 2.75) is 58.1 Å². The second-order valence-corrected chi connectivity index (χ2v) is 10.3. The van der Waals surface area contributed by atoms with Gasteiger partial charge in [-0.3, -0.25) is 0 Å². The second kappa shape index (κ2) is 9.55. The molecule has 0 aliphatic heterocycles. The molecule has 38 heavy (non-hydrogen) atoms. The summed E-state index contributed by atoms with van der Waals surface area (Å²) in [7, 11) is 0. The number of aliphatic hydroxyl groups is 2. The van der Waals surface area contributed by atoms with Crippen LogP contribution in [0.3, 0.4) is 0 Å². The highest BCUT2D eigenvalue weighted by Crippen LogP contribution is 2.61. The summed E-state index contributed by atoms with van der Waals surface area (Å²) >= 11 is 0. The molecule has 1 aliphatic rings. The molecule has 0 fully saturated rings. The van der Waals surface area contributed by atoms with Crippen molar-refractivity contribution in [3.8, 4) is 22.8 Å². The SMILES string of the molecule is CC[C@H]1c2cc(-c3c(F)cccc3F)nnc2[C@](C)(c2ccnc(-c3cnn(C[C@H](O)CO)n3)n2)C1(C)C. The van der Waals surface area contributed by atoms with Crippen LogP contribution in [0.25, 0.3) is 22.8 Å². The fourth-order valence-corrected chi connectivity index (χ4v) is 5.64. The molecule has 9 nitrogen and oxygen atoms in total. The minimum absolute atomic E-state index is 0.0193. The molecule has 3 heterocycles. The van der Waals surface area contributed by atoms with Crippen molar-refractivity contribution in [2.75, 3.05) is 6.61 Å². The maximum absolute atomic E-state index is 14.6. The maximum atomic E-state index is 14.6. The first-order valence-corrected chi connectivity index (χ1v) is 12.5. The molecule has 1 aliphatic carbocycles. The molecule has 11 heteroatoms. The maximum Gasteiger partial charge on any atom is 0.181 e. The molecule has 0 saturated carbocycles. The van der Waals surface area contributed by atoms with Crippen LogP contribution in [0, 0.1) is 17.0 Å². The van der Waals surface area contributed by atoms with E-state index in [1.54, 1.807) is 12.3 Å². The third-order valence-electron chi connectivity index (χ3n) is 7.98. The van der Waals surface area contributed by atoms with Gasteiger partial charge in [0.25, 0.3) is 0 Å². The average Bonchev–Trinajstić information content (AvgIpc) is 3.43. The van der Waals surface area contributed by atoms with Crippen molar-refractivity contribution in [3.05, 3.63) is 71.3 Å². The van der Waals surface area contributed by atoms with Crippen LogP contribution in [0.15, 0.2) is 42.7 Å². The Kier molecular flexibility index (Phi) is 6.52. The monoisotopic (exact) mass is 521 g/mol. The van der Waals surface area contributed by atoms with Crippen LogP contribution >= 0.6 is 0 Å². The molecular formula is C27H29F2N7O2. The molecule has 0 unspecified atom stereocenters. The highest BCUT2D eigenvalue weighted by Gasteiger charge is 2.57. The van der Waals surface area contributed by atoms with E-state index in [0.717, 1.165) is 12.0 Å². The molecular weight excluding hydrogens is 492 g/mol. The normalized spacial score (nSPS) is 20.9. The van der Waals surface area contributed by atoms with Gasteiger partial charge in [0.1, 0.15) is 17.3 Å². The van der Waals surface area contributed by atoms with Crippen molar-refractivity contribution in [1.82, 2.24) is 35.2 Å². The van der Waals surface area contributed by atoms with Gasteiger partial charge in [-0.05, 0) is 54.5 Å². The van der Waals surface area contributed by atoms with E-state index in [1.165, 1.54) is 29.2 Å². The second-order valence-electron chi connectivity index (χ2n) is 10.3. The third kappa shape index (κ3) is 3.97. The standard InChI is InChI=1S/C27H29F2N7O2/c1-5-17-16-11-20(23-18(28)7-6-8-19(23)29)33-34-24(16)27(4,26(17,2)3)22-9-10-30-25(32-22)21-12-31-36(35-21)13-15(38)14-37/h6-12,15,17,37-38H,5,13-14H2,1-4H3/t15-,17-,27-/m0/s1. The van der Waals surface area contributed by atoms with Crippen LogP contribution in [0.2, 0.25) is 0 Å². The fraction of sp³-hybridized carbons (Fsp3) is 0.407. The smallest absolute Gasteiger partial charge is 0.181 e. The molecule has 4 aromatic rings. The van der Waals surface area contributed by atoms with E-state index in [2.05, 4.69) is 53.1 Å². The molecule has 2 N–H and O–H groups in total. The fourth-order valence-electron chi connectivity index (χ4n) is 5.64. The number of aromatic nitrogens is 7. The summed E-state index contributed by atoms with van der Waals surface area (Å²) in [6.45, 7) is 8.05. The lowest BCUT2D eigenvalue weighted by Gasteiger charge is -2.41. The van der Waals surface area contributed by atoms with Crippen molar-refractivity contribution >= 4 is 0 Å². The molecule has 0 amide bonds. The largest absolute Gasteiger partial charge is 0.394 e. The van der Waals surface area contributed by atoms with Gasteiger partial charge in [0, 0.05) is 6.20 Å². The van der Waals surface area contributed by atoms with E-state index in [1.807, 2.05) is 6.07 Å². The van der Waals surface area contributed by atoms with E-state index in [0.29, 0.717) is 22.9 Å². The van der Waals surface area contributed by atoms with Crippen LogP contribution in [0.1, 0.15) is 57.0 Å². The number of hydrogen-bond acceptors (Lipinski definition) is 8. The molecule has 0 saturated heterocycles. The first kappa shape index (κ1) is 25.9. The van der Waals surface area contributed by atoms with Crippen molar-refractivity contribution in [3.63, 3.8) is 0 Å². The van der Waals surface area contributed by atoms with Crippen molar-refractivity contribution < 1.29 is 19.0 Å². The number of hydrogen-bond donors (Lipinski definition) is 2. The van der Waals surface area contributed by atoms with E-state index in [9.17, 15) is 13.9 Å². The van der Waals surface area contributed by atoms with Gasteiger partial charge in [-0.1, -0.05) is 26.8 Å². The van der Waals surface area contributed by atoms with Gasteiger partial charge in [-0.25, -0.2) is 18.7 Å². The van der Waals surface area contributed by atoms with Crippen molar-refractivity contribution in [1.29, 1.82) is 0 Å². The van der Waals surface area contributed by atoms with Gasteiger partial charge >= 0.3 is 0 Å². The number of fused-ring (bicyclic) bond motifs is 1. The summed E-state index contributed by atoms with van der Waals surface area (Å²) in [6.07, 6.45) is 2.95. The topological polar surface area (TPSA) is 123 Å². The van der Waals surface area contributed by atoms with E-state index in [-0.39, 0.29) is 29.1 Å². The highest BCUT2D eigenvalue weighted by atomic mass is 19.1. The van der Waals surface area contributed by atoms with Gasteiger partial charge in [-0.2, -0.15) is 15.0 Å². The van der Waals surface area contributed by atoms with Crippen LogP contribution in [0.4, 0.5) is 8.78 Å². The Balaban J connectivity index is 1.61. The minimum Gasteiger partial charge on any atom is -0.394 e. The van der Waals surface area contributed by atoms with Crippen LogP contribution in [-0.2, 0) is 12.0 Å². The minimum atomic E-state index is -0.982. The molecule has 0 radical (unpaired) electrons. The zero-order chi connectivity index (χ0) is 27.2. The number of nitrogens with zero attached hydrogens (tertiary/aromatic N) is 7. The lowest BCUT2D eigenvalue weighted by atomic mass is 9.62. The quantitative estimate of drug-likeness (QED) is 0.378. The van der Waals surface area contributed by atoms with Gasteiger partial charge in [0.2, 0.25) is 0 Å². The zero-order valence-corrected chi connectivity index (χ0v) is 21.6. The summed E-state index contributed by atoms with van der Waals surface area (Å²) in [4.78, 5) is 10.5. The van der Waals surface area contributed by atoms with Gasteiger partial charge < -0.3 is 10.2 Å². The lowest BCUT2D eigenvalue weighted by molar-refractivity contribution is 0.0746. The average molecular weight is 522 g/mol. The molecule has 3 atom stereocenters. The highest BCUT2D eigenvalue weighted by molar-refractivity contribution is 5.63. The Morgan fingerprint density at radius 1 is 1.08 bits per heavy atom. The summed E-state index contributed by atoms with van der Waals surface area (Å²) < 4.78 is 29.1. The molecule has 0 spiro atoms. The molecule has 3 aromatic heterocycles. The molecule has 1 aromatic carbocycles. The summed E-state index contributed by atoms with van der Waals surface area (Å²) in [5, 5.41) is 36.1. The molecule has 198 valence electrons. The Labute approximate surface area is 218 Å². The third-order valence-corrected chi connectivity index (χ3v) is 7.98. The Hall–Kier alpha value is -3.70. The Morgan fingerprint density at radius 2 is 1.82 bits per heavy atom. The molecule has 0 bridgehead atoms. The van der Waals surface area contributed by atoms with E-state index in [4.69, 9.17) is 10.1 Å².